The van der Waals surface area contributed by atoms with Crippen LogP contribution in [0.5, 0.6) is 0 Å². The molecule has 1 fully saturated rings. The van der Waals surface area contributed by atoms with Crippen molar-refractivity contribution >= 4 is 17.5 Å². The number of nitrogens with zero attached hydrogens (tertiary/aromatic N) is 2. The van der Waals surface area contributed by atoms with E-state index in [-0.39, 0.29) is 11.4 Å². The lowest BCUT2D eigenvalue weighted by Crippen LogP contribution is -2.40. The summed E-state index contributed by atoms with van der Waals surface area (Å²) in [6.45, 7) is 1.39. The number of amides is 1. The van der Waals surface area contributed by atoms with Crippen LogP contribution in [-0.2, 0) is 17.8 Å². The molecule has 2 aromatic rings. The second-order valence-electron chi connectivity index (χ2n) is 6.81. The third-order valence-electron chi connectivity index (χ3n) is 5.28. The Morgan fingerprint density at radius 2 is 2.12 bits per heavy atom. The number of rotatable bonds is 4. The normalized spacial score (nSPS) is 18.3. The van der Waals surface area contributed by atoms with Gasteiger partial charge in [-0.3, -0.25) is 9.89 Å². The second kappa shape index (κ2) is 5.90. The van der Waals surface area contributed by atoms with E-state index in [0.717, 1.165) is 48.3 Å². The maximum atomic E-state index is 12.7. The van der Waals surface area contributed by atoms with Crippen LogP contribution in [0, 0.1) is 0 Å². The van der Waals surface area contributed by atoms with E-state index in [4.69, 9.17) is 11.6 Å². The minimum Gasteiger partial charge on any atom is -0.338 e. The molecule has 6 heteroatoms. The number of hydrogen-bond donors (Lipinski definition) is 2. The van der Waals surface area contributed by atoms with Crippen molar-refractivity contribution in [2.24, 2.45) is 0 Å². The van der Waals surface area contributed by atoms with E-state index in [1.54, 1.807) is 0 Å². The number of carbonyl (C=O) groups excluding carboxylic acids is 1. The number of H-pyrrole nitrogens is 1. The predicted octanol–water partition coefficient (Wildman–Crippen LogP) is 2.76. The molecule has 1 aromatic heterocycles. The van der Waals surface area contributed by atoms with E-state index in [0.29, 0.717) is 18.0 Å². The lowest BCUT2D eigenvalue weighted by molar-refractivity contribution is -0.132. The molecule has 0 spiro atoms. The maximum absolute atomic E-state index is 12.7. The lowest BCUT2D eigenvalue weighted by Gasteiger charge is -2.29. The van der Waals surface area contributed by atoms with Gasteiger partial charge in [-0.25, -0.2) is 0 Å². The van der Waals surface area contributed by atoms with Crippen LogP contribution in [0.1, 0.15) is 30.5 Å². The van der Waals surface area contributed by atoms with Crippen LogP contribution < -0.4 is 5.32 Å². The van der Waals surface area contributed by atoms with Gasteiger partial charge in [0.15, 0.2) is 0 Å². The molecule has 0 unspecified atom stereocenters. The number of aromatic nitrogens is 2. The number of benzene rings is 1. The minimum atomic E-state index is 0.0484. The Balaban J connectivity index is 1.55. The fourth-order valence-electron chi connectivity index (χ4n) is 3.42. The summed E-state index contributed by atoms with van der Waals surface area (Å²) in [5, 5.41) is 11.6. The molecular weight excluding hydrogens is 324 g/mol. The molecule has 4 rings (SSSR count). The van der Waals surface area contributed by atoms with Crippen molar-refractivity contribution in [3.63, 3.8) is 0 Å². The Morgan fingerprint density at radius 1 is 1.38 bits per heavy atom. The number of carbonyl (C=O) groups is 1. The minimum absolute atomic E-state index is 0.0484. The van der Waals surface area contributed by atoms with E-state index in [9.17, 15) is 4.79 Å². The summed E-state index contributed by atoms with van der Waals surface area (Å²) in [6, 6.07) is 7.68. The Bertz CT molecular complexity index is 764. The third kappa shape index (κ3) is 2.82. The highest BCUT2D eigenvalue weighted by atomic mass is 35.5. The van der Waals surface area contributed by atoms with Gasteiger partial charge in [-0.15, -0.1) is 0 Å². The largest absolute Gasteiger partial charge is 0.338 e. The summed E-state index contributed by atoms with van der Waals surface area (Å²) in [5.74, 6) is 0.232. The molecule has 0 radical (unpaired) electrons. The number of aromatic amines is 1. The summed E-state index contributed by atoms with van der Waals surface area (Å²) in [7, 11) is 1.95. The van der Waals surface area contributed by atoms with E-state index in [2.05, 4.69) is 15.5 Å². The van der Waals surface area contributed by atoms with Gasteiger partial charge in [0, 0.05) is 53.3 Å². The fourth-order valence-corrected chi connectivity index (χ4v) is 3.55. The van der Waals surface area contributed by atoms with E-state index < -0.39 is 0 Å². The maximum Gasteiger partial charge on any atom is 0.224 e. The molecule has 0 atom stereocenters. The Kier molecular flexibility index (Phi) is 3.85. The fraction of sp³-hybridized carbons (Fsp3) is 0.444. The molecule has 1 amide bonds. The Morgan fingerprint density at radius 3 is 2.79 bits per heavy atom. The zero-order valence-electron chi connectivity index (χ0n) is 13.7. The third-order valence-corrected chi connectivity index (χ3v) is 5.53. The molecule has 24 heavy (non-hydrogen) atoms. The van der Waals surface area contributed by atoms with Crippen molar-refractivity contribution in [2.45, 2.75) is 37.8 Å². The van der Waals surface area contributed by atoms with E-state index >= 15 is 0 Å². The van der Waals surface area contributed by atoms with Gasteiger partial charge in [-0.2, -0.15) is 5.10 Å². The summed E-state index contributed by atoms with van der Waals surface area (Å²) in [4.78, 5) is 14.6. The smallest absolute Gasteiger partial charge is 0.224 e. The summed E-state index contributed by atoms with van der Waals surface area (Å²) in [5.41, 5.74) is 4.27. The van der Waals surface area contributed by atoms with Gasteiger partial charge in [0.2, 0.25) is 5.91 Å². The summed E-state index contributed by atoms with van der Waals surface area (Å²) >= 11 is 5.98. The zero-order chi connectivity index (χ0) is 16.7. The first kappa shape index (κ1) is 15.7. The molecule has 1 aliphatic heterocycles. The van der Waals surface area contributed by atoms with Gasteiger partial charge in [0.1, 0.15) is 0 Å². The SMILES string of the molecule is CNC1(CC(=O)N2CCc3[nH]nc(-c4ccc(Cl)cc4)c3C2)CC1. The van der Waals surface area contributed by atoms with Crippen LogP contribution in [0.25, 0.3) is 11.3 Å². The van der Waals surface area contributed by atoms with Crippen LogP contribution in [-0.4, -0.2) is 40.1 Å². The molecule has 1 saturated carbocycles. The van der Waals surface area contributed by atoms with Gasteiger partial charge in [-0.1, -0.05) is 23.7 Å². The first-order valence-corrected chi connectivity index (χ1v) is 8.77. The van der Waals surface area contributed by atoms with Crippen molar-refractivity contribution in [1.82, 2.24) is 20.4 Å². The van der Waals surface area contributed by atoms with Crippen molar-refractivity contribution < 1.29 is 4.79 Å². The van der Waals surface area contributed by atoms with Gasteiger partial charge in [0.25, 0.3) is 0 Å². The first-order chi connectivity index (χ1) is 11.6. The quantitative estimate of drug-likeness (QED) is 0.896. The second-order valence-corrected chi connectivity index (χ2v) is 7.25. The number of halogens is 1. The number of fused-ring (bicyclic) bond motifs is 1. The summed E-state index contributed by atoms with van der Waals surface area (Å²) < 4.78 is 0. The van der Waals surface area contributed by atoms with E-state index in [1.807, 2.05) is 36.2 Å². The number of hydrogen-bond acceptors (Lipinski definition) is 3. The highest BCUT2D eigenvalue weighted by Gasteiger charge is 2.44. The molecule has 1 aromatic carbocycles. The topological polar surface area (TPSA) is 61.0 Å². The van der Waals surface area contributed by atoms with Crippen LogP contribution in [0.15, 0.2) is 24.3 Å². The van der Waals surface area contributed by atoms with Crippen LogP contribution in [0.2, 0.25) is 5.02 Å². The predicted molar refractivity (Wildman–Crippen MR) is 93.8 cm³/mol. The molecule has 126 valence electrons. The Hall–Kier alpha value is -1.85. The molecule has 2 N–H and O–H groups in total. The zero-order valence-corrected chi connectivity index (χ0v) is 14.5. The lowest BCUT2D eigenvalue weighted by atomic mass is 10.0. The van der Waals surface area contributed by atoms with Gasteiger partial charge >= 0.3 is 0 Å². The van der Waals surface area contributed by atoms with E-state index in [1.165, 1.54) is 0 Å². The standard InChI is InChI=1S/C18H21ClN4O/c1-20-18(7-8-18)10-16(24)23-9-6-15-14(11-23)17(22-21-15)12-2-4-13(19)5-3-12/h2-5,20H,6-11H2,1H3,(H,21,22). The summed E-state index contributed by atoms with van der Waals surface area (Å²) in [6.07, 6.45) is 3.60. The Labute approximate surface area is 146 Å². The van der Waals surface area contributed by atoms with Crippen molar-refractivity contribution in [1.29, 1.82) is 0 Å². The molecule has 0 bridgehead atoms. The molecule has 0 saturated heterocycles. The van der Waals surface area contributed by atoms with Crippen LogP contribution in [0.3, 0.4) is 0 Å². The number of nitrogens with one attached hydrogen (secondary N) is 2. The average molecular weight is 345 g/mol. The van der Waals surface area contributed by atoms with Crippen LogP contribution >= 0.6 is 11.6 Å². The first-order valence-electron chi connectivity index (χ1n) is 8.39. The highest BCUT2D eigenvalue weighted by Crippen LogP contribution is 2.39. The van der Waals surface area contributed by atoms with Crippen molar-refractivity contribution in [2.75, 3.05) is 13.6 Å². The molecule has 2 aliphatic rings. The van der Waals surface area contributed by atoms with Gasteiger partial charge in [0.05, 0.1) is 5.69 Å². The molecule has 1 aliphatic carbocycles. The average Bonchev–Trinajstić information content (AvgIpc) is 3.25. The monoisotopic (exact) mass is 344 g/mol. The molecular formula is C18H21ClN4O. The van der Waals surface area contributed by atoms with Crippen molar-refractivity contribution in [3.8, 4) is 11.3 Å². The molecule has 5 nitrogen and oxygen atoms in total. The van der Waals surface area contributed by atoms with Crippen molar-refractivity contribution in [3.05, 3.63) is 40.5 Å². The highest BCUT2D eigenvalue weighted by molar-refractivity contribution is 6.30. The van der Waals surface area contributed by atoms with Crippen LogP contribution in [0.4, 0.5) is 0 Å². The molecule has 2 heterocycles. The van der Waals surface area contributed by atoms with Gasteiger partial charge in [-0.05, 0) is 32.0 Å². The van der Waals surface area contributed by atoms with Gasteiger partial charge < -0.3 is 10.2 Å².